The van der Waals surface area contributed by atoms with Crippen molar-refractivity contribution in [2.24, 2.45) is 0 Å². The van der Waals surface area contributed by atoms with Crippen molar-refractivity contribution in [1.82, 2.24) is 0 Å². The van der Waals surface area contributed by atoms with Crippen molar-refractivity contribution >= 4 is 17.7 Å². The van der Waals surface area contributed by atoms with Gasteiger partial charge in [0.15, 0.2) is 0 Å². The lowest BCUT2D eigenvalue weighted by Crippen LogP contribution is -2.06. The highest BCUT2D eigenvalue weighted by molar-refractivity contribution is 8.00. The number of rotatable bonds is 2. The van der Waals surface area contributed by atoms with Gasteiger partial charge in [-0.1, -0.05) is 6.07 Å². The Balaban J connectivity index is 3.42. The first-order valence-corrected chi connectivity index (χ1v) is 5.10. The van der Waals surface area contributed by atoms with E-state index in [1.807, 2.05) is 0 Å². The quantitative estimate of drug-likeness (QED) is 0.830. The Bertz CT molecular complexity index is 505. The Labute approximate surface area is 98.9 Å². The Morgan fingerprint density at radius 2 is 2.06 bits per heavy atom. The molecule has 0 heterocycles. The highest BCUT2D eigenvalue weighted by Gasteiger charge is 2.32. The summed E-state index contributed by atoms with van der Waals surface area (Å²) in [6, 6.07) is 3.88. The topological polar surface area (TPSA) is 61.1 Å². The maximum absolute atomic E-state index is 12.3. The van der Waals surface area contributed by atoms with Gasteiger partial charge in [-0.3, -0.25) is 0 Å². The van der Waals surface area contributed by atoms with Crippen LogP contribution in [-0.2, 0) is 0 Å². The number of thioether (sulfide) groups is 1. The third-order valence-corrected chi connectivity index (χ3v) is 2.88. The minimum Gasteiger partial charge on any atom is -0.478 e. The molecule has 3 nitrogen and oxygen atoms in total. The van der Waals surface area contributed by atoms with Crippen molar-refractivity contribution < 1.29 is 23.1 Å². The van der Waals surface area contributed by atoms with E-state index >= 15 is 0 Å². The van der Waals surface area contributed by atoms with E-state index in [1.54, 1.807) is 0 Å². The molecule has 0 atom stereocenters. The summed E-state index contributed by atoms with van der Waals surface area (Å²) < 4.78 is 36.8. The van der Waals surface area contributed by atoms with Gasteiger partial charge in [0.2, 0.25) is 0 Å². The van der Waals surface area contributed by atoms with Crippen LogP contribution in [0.2, 0.25) is 0 Å². The van der Waals surface area contributed by atoms with Gasteiger partial charge in [-0.25, -0.2) is 4.79 Å². The fraction of sp³-hybridized carbons (Fsp3) is 0.200. The fourth-order valence-corrected chi connectivity index (χ4v) is 1.94. The molecule has 1 rings (SSSR count). The molecule has 0 amide bonds. The van der Waals surface area contributed by atoms with Crippen molar-refractivity contribution in [3.05, 3.63) is 28.8 Å². The highest BCUT2D eigenvalue weighted by atomic mass is 32.2. The highest BCUT2D eigenvalue weighted by Crippen LogP contribution is 2.40. The molecule has 1 aromatic carbocycles. The number of carbonyl (C=O) groups is 1. The second-order valence-electron chi connectivity index (χ2n) is 3.10. The summed E-state index contributed by atoms with van der Waals surface area (Å²) >= 11 is -0.476. The van der Waals surface area contributed by atoms with Gasteiger partial charge in [0.1, 0.15) is 6.07 Å². The maximum Gasteiger partial charge on any atom is 0.446 e. The number of benzene rings is 1. The summed E-state index contributed by atoms with van der Waals surface area (Å²) in [5.41, 5.74) is -5.23. The second kappa shape index (κ2) is 4.67. The standard InChI is InChI=1S/C10H6F3NO2S/c1-5-2-3-6(9(15)16)7(4-14)8(5)17-10(11,12)13/h2-3H,1H3,(H,15,16). The first-order valence-electron chi connectivity index (χ1n) is 4.29. The van der Waals surface area contributed by atoms with E-state index in [4.69, 9.17) is 10.4 Å². The van der Waals surface area contributed by atoms with Gasteiger partial charge >= 0.3 is 11.5 Å². The minimum absolute atomic E-state index is 0.217. The fourth-order valence-electron chi connectivity index (χ4n) is 1.22. The van der Waals surface area contributed by atoms with Crippen molar-refractivity contribution in [3.63, 3.8) is 0 Å². The Morgan fingerprint density at radius 3 is 2.47 bits per heavy atom. The lowest BCUT2D eigenvalue weighted by molar-refractivity contribution is -0.0328. The molecule has 0 spiro atoms. The average Bonchev–Trinajstić information content (AvgIpc) is 2.18. The van der Waals surface area contributed by atoms with Crippen LogP contribution in [0.4, 0.5) is 13.2 Å². The van der Waals surface area contributed by atoms with Crippen molar-refractivity contribution in [2.45, 2.75) is 17.3 Å². The first-order chi connectivity index (χ1) is 7.76. The van der Waals surface area contributed by atoms with Crippen LogP contribution in [-0.4, -0.2) is 16.6 Å². The van der Waals surface area contributed by atoms with E-state index in [0.717, 1.165) is 6.07 Å². The smallest absolute Gasteiger partial charge is 0.446 e. The molecule has 1 N–H and O–H groups in total. The molecule has 0 saturated carbocycles. The molecule has 0 bridgehead atoms. The van der Waals surface area contributed by atoms with E-state index in [-0.39, 0.29) is 10.5 Å². The van der Waals surface area contributed by atoms with Crippen molar-refractivity contribution in [3.8, 4) is 6.07 Å². The number of nitriles is 1. The van der Waals surface area contributed by atoms with Crippen LogP contribution >= 0.6 is 11.8 Å². The van der Waals surface area contributed by atoms with Crippen LogP contribution in [0.1, 0.15) is 21.5 Å². The number of hydrogen-bond donors (Lipinski definition) is 1. The van der Waals surface area contributed by atoms with Crippen LogP contribution in [0.5, 0.6) is 0 Å². The monoisotopic (exact) mass is 261 g/mol. The summed E-state index contributed by atoms with van der Waals surface area (Å²) in [5, 5.41) is 17.5. The molecule has 7 heteroatoms. The molecule has 0 saturated heterocycles. The maximum atomic E-state index is 12.3. The Morgan fingerprint density at radius 1 is 1.47 bits per heavy atom. The molecule has 0 aromatic heterocycles. The predicted octanol–water partition coefficient (Wildman–Crippen LogP) is 3.18. The molecule has 0 fully saturated rings. The van der Waals surface area contributed by atoms with Gasteiger partial charge in [0.05, 0.1) is 11.1 Å². The normalized spacial score (nSPS) is 11.0. The zero-order valence-electron chi connectivity index (χ0n) is 8.50. The number of carboxylic acids is 1. The van der Waals surface area contributed by atoms with Gasteiger partial charge < -0.3 is 5.11 Å². The summed E-state index contributed by atoms with van der Waals surface area (Å²) in [4.78, 5) is 10.4. The third kappa shape index (κ3) is 3.14. The van der Waals surface area contributed by atoms with Crippen molar-refractivity contribution in [1.29, 1.82) is 5.26 Å². The van der Waals surface area contributed by atoms with Crippen LogP contribution in [0.25, 0.3) is 0 Å². The summed E-state index contributed by atoms with van der Waals surface area (Å²) in [6.07, 6.45) is 0. The SMILES string of the molecule is Cc1ccc(C(=O)O)c(C#N)c1SC(F)(F)F. The number of alkyl halides is 3. The van der Waals surface area contributed by atoms with E-state index < -0.39 is 34.4 Å². The number of hydrogen-bond acceptors (Lipinski definition) is 3. The lowest BCUT2D eigenvalue weighted by atomic mass is 10.1. The molecular formula is C10H6F3NO2S. The van der Waals surface area contributed by atoms with E-state index in [9.17, 15) is 18.0 Å². The molecule has 0 unspecified atom stereocenters. The predicted molar refractivity (Wildman–Crippen MR) is 54.8 cm³/mol. The Kier molecular flexibility index (Phi) is 3.68. The van der Waals surface area contributed by atoms with Gasteiger partial charge in [0.25, 0.3) is 0 Å². The van der Waals surface area contributed by atoms with Gasteiger partial charge in [-0.05, 0) is 30.3 Å². The molecule has 0 aliphatic carbocycles. The first kappa shape index (κ1) is 13.4. The third-order valence-electron chi connectivity index (χ3n) is 1.91. The summed E-state index contributed by atoms with van der Waals surface area (Å²) in [6.45, 7) is 1.39. The molecule has 1 aromatic rings. The molecule has 17 heavy (non-hydrogen) atoms. The summed E-state index contributed by atoms with van der Waals surface area (Å²) in [7, 11) is 0. The van der Waals surface area contributed by atoms with Crippen LogP contribution in [0.3, 0.4) is 0 Å². The van der Waals surface area contributed by atoms with Gasteiger partial charge in [-0.2, -0.15) is 18.4 Å². The molecule has 0 aliphatic heterocycles. The van der Waals surface area contributed by atoms with Crippen LogP contribution in [0.15, 0.2) is 17.0 Å². The molecule has 90 valence electrons. The Hall–Kier alpha value is -1.68. The average molecular weight is 261 g/mol. The number of nitrogens with zero attached hydrogens (tertiary/aromatic N) is 1. The molecule has 0 radical (unpaired) electrons. The zero-order chi connectivity index (χ0) is 13.2. The minimum atomic E-state index is -4.56. The summed E-state index contributed by atoms with van der Waals surface area (Å²) in [5.74, 6) is -1.43. The van der Waals surface area contributed by atoms with E-state index in [0.29, 0.717) is 0 Å². The van der Waals surface area contributed by atoms with Crippen LogP contribution < -0.4 is 0 Å². The number of aromatic carboxylic acids is 1. The largest absolute Gasteiger partial charge is 0.478 e. The van der Waals surface area contributed by atoms with Gasteiger partial charge in [0, 0.05) is 4.90 Å². The van der Waals surface area contributed by atoms with E-state index in [2.05, 4.69) is 0 Å². The number of carboxylic acid groups (broad SMARTS) is 1. The van der Waals surface area contributed by atoms with Crippen molar-refractivity contribution in [2.75, 3.05) is 0 Å². The molecule has 0 aliphatic rings. The zero-order valence-corrected chi connectivity index (χ0v) is 9.32. The molecular weight excluding hydrogens is 255 g/mol. The number of halogens is 3. The van der Waals surface area contributed by atoms with Crippen LogP contribution in [0, 0.1) is 18.3 Å². The number of aryl methyl sites for hydroxylation is 1. The van der Waals surface area contributed by atoms with E-state index in [1.165, 1.54) is 19.1 Å². The second-order valence-corrected chi connectivity index (χ2v) is 4.17. The van der Waals surface area contributed by atoms with Gasteiger partial charge in [-0.15, -0.1) is 0 Å². The lowest BCUT2D eigenvalue weighted by Gasteiger charge is -2.11.